The van der Waals surface area contributed by atoms with Crippen LogP contribution in [0, 0.1) is 0 Å². The first-order valence-corrected chi connectivity index (χ1v) is 5.23. The lowest BCUT2D eigenvalue weighted by molar-refractivity contribution is -0.129. The van der Waals surface area contributed by atoms with Crippen LogP contribution in [0.4, 0.5) is 0 Å². The molecule has 3 nitrogen and oxygen atoms in total. The molecule has 2 fully saturated rings. The Morgan fingerprint density at radius 1 is 1.31 bits per heavy atom. The predicted molar refractivity (Wildman–Crippen MR) is 52.9 cm³/mol. The first kappa shape index (κ1) is 9.44. The molecule has 1 N–H and O–H groups in total. The number of nitrogens with one attached hydrogen (secondary N) is 1. The second kappa shape index (κ2) is 3.56. The first-order chi connectivity index (χ1) is 6.23. The lowest BCUT2D eigenvalue weighted by Crippen LogP contribution is -2.65. The fraction of sp³-hybridized carbons (Fsp3) is 1.00. The highest BCUT2D eigenvalue weighted by Crippen LogP contribution is 2.28. The Morgan fingerprint density at radius 3 is 2.46 bits per heavy atom. The van der Waals surface area contributed by atoms with Crippen molar-refractivity contribution in [3.63, 3.8) is 0 Å². The van der Waals surface area contributed by atoms with E-state index in [2.05, 4.69) is 17.1 Å². The minimum Gasteiger partial charge on any atom is -0.376 e. The minimum absolute atomic E-state index is 0.144. The molecule has 0 atom stereocenters. The molecular weight excluding hydrogens is 164 g/mol. The van der Waals surface area contributed by atoms with Crippen LogP contribution in [0.15, 0.2) is 0 Å². The molecule has 0 saturated carbocycles. The number of hydrogen-bond donors (Lipinski definition) is 1. The van der Waals surface area contributed by atoms with Crippen molar-refractivity contribution in [2.45, 2.75) is 31.4 Å². The molecule has 2 aliphatic rings. The topological polar surface area (TPSA) is 24.5 Å². The number of piperidine rings is 1. The van der Waals surface area contributed by atoms with E-state index in [0.29, 0.717) is 0 Å². The van der Waals surface area contributed by atoms with E-state index in [1.807, 2.05) is 7.11 Å². The molecule has 0 radical (unpaired) electrons. The number of ether oxygens (including phenoxy) is 1. The molecule has 2 rings (SSSR count). The van der Waals surface area contributed by atoms with Crippen molar-refractivity contribution >= 4 is 0 Å². The summed E-state index contributed by atoms with van der Waals surface area (Å²) in [5.74, 6) is 0. The van der Waals surface area contributed by atoms with Crippen molar-refractivity contribution in [3.05, 3.63) is 0 Å². The van der Waals surface area contributed by atoms with Gasteiger partial charge in [-0.15, -0.1) is 0 Å². The second-order valence-electron chi connectivity index (χ2n) is 4.54. The van der Waals surface area contributed by atoms with Crippen LogP contribution in [0.3, 0.4) is 0 Å². The maximum Gasteiger partial charge on any atom is 0.0903 e. The van der Waals surface area contributed by atoms with E-state index in [4.69, 9.17) is 4.74 Å². The van der Waals surface area contributed by atoms with E-state index < -0.39 is 0 Å². The minimum atomic E-state index is 0.144. The third-order valence-electron chi connectivity index (χ3n) is 3.39. The Hall–Kier alpha value is -0.120. The van der Waals surface area contributed by atoms with Gasteiger partial charge in [0.1, 0.15) is 0 Å². The molecule has 2 heterocycles. The van der Waals surface area contributed by atoms with Crippen molar-refractivity contribution in [1.29, 1.82) is 0 Å². The summed E-state index contributed by atoms with van der Waals surface area (Å²) < 4.78 is 5.44. The van der Waals surface area contributed by atoms with E-state index in [1.54, 1.807) is 0 Å². The van der Waals surface area contributed by atoms with Gasteiger partial charge in [-0.2, -0.15) is 0 Å². The van der Waals surface area contributed by atoms with Crippen LogP contribution in [0.2, 0.25) is 0 Å². The molecule has 0 aromatic rings. The predicted octanol–water partition coefficient (Wildman–Crippen LogP) is 0.459. The van der Waals surface area contributed by atoms with Gasteiger partial charge in [0, 0.05) is 26.2 Å². The Balaban J connectivity index is 1.78. The summed E-state index contributed by atoms with van der Waals surface area (Å²) in [6.45, 7) is 6.81. The highest BCUT2D eigenvalue weighted by molar-refractivity contribution is 4.97. The van der Waals surface area contributed by atoms with Crippen LogP contribution in [-0.2, 0) is 4.74 Å². The Morgan fingerprint density at radius 2 is 1.92 bits per heavy atom. The smallest absolute Gasteiger partial charge is 0.0903 e. The molecule has 0 aromatic heterocycles. The van der Waals surface area contributed by atoms with Crippen molar-refractivity contribution in [1.82, 2.24) is 10.2 Å². The van der Waals surface area contributed by atoms with Crippen LogP contribution in [0.25, 0.3) is 0 Å². The molecule has 0 amide bonds. The zero-order valence-corrected chi connectivity index (χ0v) is 8.68. The first-order valence-electron chi connectivity index (χ1n) is 5.23. The SMILES string of the molecule is COC1(C)CN(C2CCNCC2)C1. The van der Waals surface area contributed by atoms with Gasteiger partial charge in [-0.05, 0) is 32.9 Å². The normalized spacial score (nSPS) is 30.0. The van der Waals surface area contributed by atoms with Crippen LogP contribution < -0.4 is 5.32 Å². The van der Waals surface area contributed by atoms with E-state index >= 15 is 0 Å². The summed E-state index contributed by atoms with van der Waals surface area (Å²) in [5.41, 5.74) is 0.144. The van der Waals surface area contributed by atoms with Gasteiger partial charge in [0.15, 0.2) is 0 Å². The van der Waals surface area contributed by atoms with E-state index in [1.165, 1.54) is 25.9 Å². The highest BCUT2D eigenvalue weighted by atomic mass is 16.5. The molecule has 13 heavy (non-hydrogen) atoms. The van der Waals surface area contributed by atoms with Crippen molar-refractivity contribution in [3.8, 4) is 0 Å². The molecule has 2 aliphatic heterocycles. The molecule has 2 saturated heterocycles. The van der Waals surface area contributed by atoms with Gasteiger partial charge in [0.25, 0.3) is 0 Å². The quantitative estimate of drug-likeness (QED) is 0.675. The zero-order chi connectivity index (χ0) is 9.31. The summed E-state index contributed by atoms with van der Waals surface area (Å²) in [5, 5.41) is 3.39. The Kier molecular flexibility index (Phi) is 2.58. The van der Waals surface area contributed by atoms with Gasteiger partial charge >= 0.3 is 0 Å². The van der Waals surface area contributed by atoms with Crippen molar-refractivity contribution in [2.24, 2.45) is 0 Å². The van der Waals surface area contributed by atoms with Crippen molar-refractivity contribution < 1.29 is 4.74 Å². The lowest BCUT2D eigenvalue weighted by Gasteiger charge is -2.51. The average Bonchev–Trinajstić information content (AvgIpc) is 2.14. The number of methoxy groups -OCH3 is 1. The van der Waals surface area contributed by atoms with E-state index in [-0.39, 0.29) is 5.60 Å². The van der Waals surface area contributed by atoms with Crippen LogP contribution >= 0.6 is 0 Å². The van der Waals surface area contributed by atoms with Gasteiger partial charge in [-0.25, -0.2) is 0 Å². The second-order valence-corrected chi connectivity index (χ2v) is 4.54. The van der Waals surface area contributed by atoms with Gasteiger partial charge in [0.2, 0.25) is 0 Å². The zero-order valence-electron chi connectivity index (χ0n) is 8.68. The van der Waals surface area contributed by atoms with E-state index in [0.717, 1.165) is 19.1 Å². The van der Waals surface area contributed by atoms with Gasteiger partial charge < -0.3 is 10.1 Å². The largest absolute Gasteiger partial charge is 0.376 e. The fourth-order valence-electron chi connectivity index (χ4n) is 2.37. The monoisotopic (exact) mass is 184 g/mol. The molecular formula is C10H20N2O. The fourth-order valence-corrected chi connectivity index (χ4v) is 2.37. The third kappa shape index (κ3) is 1.87. The summed E-state index contributed by atoms with van der Waals surface area (Å²) >= 11 is 0. The summed E-state index contributed by atoms with van der Waals surface area (Å²) in [6.07, 6.45) is 2.61. The summed E-state index contributed by atoms with van der Waals surface area (Å²) in [7, 11) is 1.82. The van der Waals surface area contributed by atoms with E-state index in [9.17, 15) is 0 Å². The molecule has 3 heteroatoms. The number of rotatable bonds is 2. The Labute approximate surface area is 80.4 Å². The Bertz CT molecular complexity index is 172. The highest BCUT2D eigenvalue weighted by Gasteiger charge is 2.41. The summed E-state index contributed by atoms with van der Waals surface area (Å²) in [6, 6.07) is 0.810. The molecule has 76 valence electrons. The van der Waals surface area contributed by atoms with Crippen LogP contribution in [-0.4, -0.2) is 49.8 Å². The molecule has 0 aliphatic carbocycles. The van der Waals surface area contributed by atoms with Crippen LogP contribution in [0.5, 0.6) is 0 Å². The van der Waals surface area contributed by atoms with Gasteiger partial charge in [-0.1, -0.05) is 0 Å². The summed E-state index contributed by atoms with van der Waals surface area (Å²) in [4.78, 5) is 2.56. The molecule has 0 bridgehead atoms. The lowest BCUT2D eigenvalue weighted by atomic mass is 9.91. The standard InChI is InChI=1S/C10H20N2O/c1-10(13-2)7-12(8-10)9-3-5-11-6-4-9/h9,11H,3-8H2,1-2H3. The maximum atomic E-state index is 5.44. The number of hydrogen-bond acceptors (Lipinski definition) is 3. The molecule has 0 aromatic carbocycles. The molecule has 0 spiro atoms. The van der Waals surface area contributed by atoms with Crippen LogP contribution in [0.1, 0.15) is 19.8 Å². The molecule has 0 unspecified atom stereocenters. The average molecular weight is 184 g/mol. The van der Waals surface area contributed by atoms with Gasteiger partial charge in [-0.3, -0.25) is 4.90 Å². The maximum absolute atomic E-state index is 5.44. The third-order valence-corrected chi connectivity index (χ3v) is 3.39. The van der Waals surface area contributed by atoms with Crippen molar-refractivity contribution in [2.75, 3.05) is 33.3 Å². The number of likely N-dealkylation sites (tertiary alicyclic amines) is 1. The van der Waals surface area contributed by atoms with Gasteiger partial charge in [0.05, 0.1) is 5.60 Å². The number of nitrogens with zero attached hydrogens (tertiary/aromatic N) is 1.